The van der Waals surface area contributed by atoms with Crippen molar-refractivity contribution in [1.82, 2.24) is 9.97 Å². The molecule has 2 unspecified atom stereocenters. The highest BCUT2D eigenvalue weighted by Crippen LogP contribution is 2.38. The topological polar surface area (TPSA) is 37.8 Å². The Kier molecular flexibility index (Phi) is 2.86. The van der Waals surface area contributed by atoms with Crippen LogP contribution < -0.4 is 5.32 Å². The summed E-state index contributed by atoms with van der Waals surface area (Å²) in [7, 11) is 0. The van der Waals surface area contributed by atoms with E-state index in [1.165, 1.54) is 11.1 Å². The number of benzene rings is 1. The number of rotatable bonds is 2. The molecule has 0 saturated carbocycles. The molecule has 5 heteroatoms. The molecule has 1 aliphatic carbocycles. The highest BCUT2D eigenvalue weighted by Gasteiger charge is 2.31. The van der Waals surface area contributed by atoms with Gasteiger partial charge in [-0.05, 0) is 29.0 Å². The van der Waals surface area contributed by atoms with Crippen molar-refractivity contribution >= 4 is 39.0 Å². The van der Waals surface area contributed by atoms with E-state index in [9.17, 15) is 0 Å². The van der Waals surface area contributed by atoms with Crippen LogP contribution in [0.1, 0.15) is 17.2 Å². The lowest BCUT2D eigenvalue weighted by molar-refractivity contribution is 0.768. The smallest absolute Gasteiger partial charge is 0.138 e. The first-order chi connectivity index (χ1) is 9.83. The van der Waals surface area contributed by atoms with E-state index in [0.717, 1.165) is 22.5 Å². The number of nitrogens with one attached hydrogen (secondary N) is 1. The minimum Gasteiger partial charge on any atom is -0.361 e. The summed E-state index contributed by atoms with van der Waals surface area (Å²) < 4.78 is 0. The number of fused-ring (bicyclic) bond motifs is 2. The third-order valence-corrected chi connectivity index (χ3v) is 4.95. The fourth-order valence-electron chi connectivity index (χ4n) is 2.77. The number of thiophene rings is 1. The monoisotopic (exact) mass is 301 g/mol. The molecular weight excluding hydrogens is 290 g/mol. The van der Waals surface area contributed by atoms with E-state index in [-0.39, 0.29) is 11.4 Å². The zero-order valence-electron chi connectivity index (χ0n) is 10.6. The van der Waals surface area contributed by atoms with Gasteiger partial charge in [-0.15, -0.1) is 22.9 Å². The number of nitrogens with zero attached hydrogens (tertiary/aromatic N) is 2. The van der Waals surface area contributed by atoms with Crippen molar-refractivity contribution in [2.24, 2.45) is 0 Å². The Hall–Kier alpha value is -1.65. The molecule has 0 amide bonds. The van der Waals surface area contributed by atoms with Crippen LogP contribution in [0.4, 0.5) is 5.82 Å². The molecule has 1 N–H and O–H groups in total. The molecular formula is C15H12ClN3S. The van der Waals surface area contributed by atoms with Crippen LogP contribution in [-0.4, -0.2) is 15.3 Å². The highest BCUT2D eigenvalue weighted by atomic mass is 35.5. The quantitative estimate of drug-likeness (QED) is 0.727. The Morgan fingerprint density at radius 2 is 2.10 bits per heavy atom. The maximum Gasteiger partial charge on any atom is 0.138 e. The van der Waals surface area contributed by atoms with Gasteiger partial charge in [-0.2, -0.15) is 0 Å². The number of aromatic nitrogens is 2. The van der Waals surface area contributed by atoms with Crippen molar-refractivity contribution in [3.63, 3.8) is 0 Å². The molecule has 2 heterocycles. The lowest BCUT2D eigenvalue weighted by Gasteiger charge is -2.18. The Balaban J connectivity index is 1.74. The molecule has 20 heavy (non-hydrogen) atoms. The van der Waals surface area contributed by atoms with Crippen LogP contribution in [0.2, 0.25) is 0 Å². The molecule has 2 aromatic heterocycles. The van der Waals surface area contributed by atoms with Gasteiger partial charge in [0.15, 0.2) is 0 Å². The molecule has 3 aromatic rings. The second kappa shape index (κ2) is 4.72. The maximum atomic E-state index is 6.52. The predicted octanol–water partition coefficient (Wildman–Crippen LogP) is 4.01. The number of hydrogen-bond acceptors (Lipinski definition) is 4. The lowest BCUT2D eigenvalue weighted by Crippen LogP contribution is -2.17. The summed E-state index contributed by atoms with van der Waals surface area (Å²) >= 11 is 8.14. The highest BCUT2D eigenvalue weighted by molar-refractivity contribution is 7.16. The third kappa shape index (κ3) is 1.87. The summed E-state index contributed by atoms with van der Waals surface area (Å²) in [5, 5.41) is 6.65. The van der Waals surface area contributed by atoms with Crippen LogP contribution in [0, 0.1) is 0 Å². The van der Waals surface area contributed by atoms with Gasteiger partial charge in [0.05, 0.1) is 16.8 Å². The summed E-state index contributed by atoms with van der Waals surface area (Å²) in [6.07, 6.45) is 2.50. The molecule has 0 aliphatic heterocycles. The molecule has 0 fully saturated rings. The minimum absolute atomic E-state index is 0.0519. The molecule has 1 aliphatic rings. The Morgan fingerprint density at radius 1 is 1.20 bits per heavy atom. The molecule has 1 aromatic carbocycles. The fraction of sp³-hybridized carbons (Fsp3) is 0.200. The van der Waals surface area contributed by atoms with E-state index in [0.29, 0.717) is 0 Å². The second-order valence-electron chi connectivity index (χ2n) is 4.90. The molecule has 4 rings (SSSR count). The van der Waals surface area contributed by atoms with Crippen LogP contribution in [0.5, 0.6) is 0 Å². The van der Waals surface area contributed by atoms with E-state index in [1.54, 1.807) is 17.7 Å². The van der Waals surface area contributed by atoms with E-state index in [1.807, 2.05) is 11.4 Å². The van der Waals surface area contributed by atoms with Gasteiger partial charge in [0, 0.05) is 0 Å². The van der Waals surface area contributed by atoms with Gasteiger partial charge in [-0.25, -0.2) is 9.97 Å². The average Bonchev–Trinajstić information content (AvgIpc) is 3.05. The van der Waals surface area contributed by atoms with E-state index < -0.39 is 0 Å². The first kappa shape index (κ1) is 12.1. The van der Waals surface area contributed by atoms with Gasteiger partial charge in [0.25, 0.3) is 0 Å². The van der Waals surface area contributed by atoms with Gasteiger partial charge in [0.2, 0.25) is 0 Å². The molecule has 0 saturated heterocycles. The van der Waals surface area contributed by atoms with Crippen LogP contribution in [0.3, 0.4) is 0 Å². The first-order valence-electron chi connectivity index (χ1n) is 6.49. The minimum atomic E-state index is 0.0519. The first-order valence-corrected chi connectivity index (χ1v) is 7.81. The van der Waals surface area contributed by atoms with E-state index >= 15 is 0 Å². The Morgan fingerprint density at radius 3 is 3.05 bits per heavy atom. The van der Waals surface area contributed by atoms with Gasteiger partial charge >= 0.3 is 0 Å². The van der Waals surface area contributed by atoms with Crippen molar-refractivity contribution in [3.05, 3.63) is 53.2 Å². The van der Waals surface area contributed by atoms with Crippen molar-refractivity contribution in [2.45, 2.75) is 17.8 Å². The van der Waals surface area contributed by atoms with Crippen molar-refractivity contribution in [1.29, 1.82) is 0 Å². The van der Waals surface area contributed by atoms with Crippen LogP contribution in [0.15, 0.2) is 42.0 Å². The largest absolute Gasteiger partial charge is 0.361 e. The van der Waals surface area contributed by atoms with Gasteiger partial charge in [-0.1, -0.05) is 24.3 Å². The lowest BCUT2D eigenvalue weighted by atomic mass is 10.1. The van der Waals surface area contributed by atoms with Crippen LogP contribution in [-0.2, 0) is 6.42 Å². The molecule has 0 bridgehead atoms. The molecule has 2 atom stereocenters. The Bertz CT molecular complexity index is 770. The summed E-state index contributed by atoms with van der Waals surface area (Å²) in [4.78, 5) is 9.65. The second-order valence-corrected chi connectivity index (χ2v) is 6.36. The zero-order chi connectivity index (χ0) is 13.5. The van der Waals surface area contributed by atoms with Crippen LogP contribution >= 0.6 is 22.9 Å². The number of alkyl halides is 1. The summed E-state index contributed by atoms with van der Waals surface area (Å²) in [6, 6.07) is 10.6. The van der Waals surface area contributed by atoms with Crippen molar-refractivity contribution in [2.75, 3.05) is 5.32 Å². The summed E-state index contributed by atoms with van der Waals surface area (Å²) in [5.74, 6) is 0.864. The molecule has 0 spiro atoms. The maximum absolute atomic E-state index is 6.52. The number of hydrogen-bond donors (Lipinski definition) is 1. The van der Waals surface area contributed by atoms with Crippen LogP contribution in [0.25, 0.3) is 10.2 Å². The van der Waals surface area contributed by atoms with Gasteiger partial charge < -0.3 is 5.32 Å². The van der Waals surface area contributed by atoms with Crippen molar-refractivity contribution in [3.8, 4) is 0 Å². The zero-order valence-corrected chi connectivity index (χ0v) is 12.2. The number of halogens is 1. The number of anilines is 1. The fourth-order valence-corrected chi connectivity index (χ4v) is 3.86. The van der Waals surface area contributed by atoms with Gasteiger partial charge in [0.1, 0.15) is 17.0 Å². The SMILES string of the molecule is ClC1Cc2ccccc2C1Nc1ncnc2sccc12. The molecule has 3 nitrogen and oxygen atoms in total. The molecule has 0 radical (unpaired) electrons. The molecule has 100 valence electrons. The third-order valence-electron chi connectivity index (χ3n) is 3.72. The van der Waals surface area contributed by atoms with Crippen molar-refractivity contribution < 1.29 is 0 Å². The van der Waals surface area contributed by atoms with Gasteiger partial charge in [-0.3, -0.25) is 0 Å². The van der Waals surface area contributed by atoms with E-state index in [4.69, 9.17) is 11.6 Å². The average molecular weight is 302 g/mol. The standard InChI is InChI=1S/C15H12ClN3S/c16-12-7-9-3-1-2-4-10(9)13(12)19-14-11-5-6-20-15(11)18-8-17-14/h1-6,8,12-13H,7H2,(H,17,18,19). The predicted molar refractivity (Wildman–Crippen MR) is 83.6 cm³/mol. The van der Waals surface area contributed by atoms with E-state index in [2.05, 4.69) is 39.6 Å². The summed E-state index contributed by atoms with van der Waals surface area (Å²) in [5.41, 5.74) is 2.59. The Labute approximate surface area is 125 Å². The normalized spacial score (nSPS) is 21.1. The summed E-state index contributed by atoms with van der Waals surface area (Å²) in [6.45, 7) is 0.